The highest BCUT2D eigenvalue weighted by molar-refractivity contribution is 6.30. The maximum absolute atomic E-state index is 14.1. The van der Waals surface area contributed by atoms with Crippen LogP contribution in [0.5, 0.6) is 0 Å². The zero-order valence-electron chi connectivity index (χ0n) is 11.0. The Morgan fingerprint density at radius 2 is 2.17 bits per heavy atom. The van der Waals surface area contributed by atoms with Crippen molar-refractivity contribution in [2.45, 2.75) is 32.1 Å². The maximum atomic E-state index is 14.1. The van der Waals surface area contributed by atoms with E-state index in [9.17, 15) is 4.39 Å². The molecule has 1 saturated carbocycles. The van der Waals surface area contributed by atoms with Gasteiger partial charge in [-0.25, -0.2) is 4.39 Å². The Bertz CT molecular complexity index is 407. The number of benzene rings is 1. The van der Waals surface area contributed by atoms with E-state index in [-0.39, 0.29) is 5.82 Å². The SMILES string of the molecule is CNCC1CCC(C)CC1c1ccc(Cl)cc1F. The molecular formula is C15H21ClFN. The molecule has 1 aromatic carbocycles. The lowest BCUT2D eigenvalue weighted by atomic mass is 9.71. The minimum absolute atomic E-state index is 0.150. The second-order valence-corrected chi connectivity index (χ2v) is 5.94. The third-order valence-electron chi connectivity index (χ3n) is 4.08. The summed E-state index contributed by atoms with van der Waals surface area (Å²) < 4.78 is 14.1. The highest BCUT2D eigenvalue weighted by Crippen LogP contribution is 2.41. The van der Waals surface area contributed by atoms with Crippen LogP contribution in [0.4, 0.5) is 4.39 Å². The molecule has 0 heterocycles. The number of hydrogen-bond donors (Lipinski definition) is 1. The Hall–Kier alpha value is -0.600. The van der Waals surface area contributed by atoms with Crippen LogP contribution in [0.15, 0.2) is 18.2 Å². The van der Waals surface area contributed by atoms with E-state index in [2.05, 4.69) is 12.2 Å². The van der Waals surface area contributed by atoms with E-state index in [1.807, 2.05) is 13.1 Å². The summed E-state index contributed by atoms with van der Waals surface area (Å²) in [5, 5.41) is 3.71. The van der Waals surface area contributed by atoms with Gasteiger partial charge in [0.2, 0.25) is 0 Å². The Kier molecular flexibility index (Phi) is 4.63. The smallest absolute Gasteiger partial charge is 0.128 e. The van der Waals surface area contributed by atoms with Crippen LogP contribution in [-0.2, 0) is 0 Å². The molecule has 1 N–H and O–H groups in total. The molecular weight excluding hydrogens is 249 g/mol. The van der Waals surface area contributed by atoms with Crippen LogP contribution in [-0.4, -0.2) is 13.6 Å². The van der Waals surface area contributed by atoms with Gasteiger partial charge >= 0.3 is 0 Å². The van der Waals surface area contributed by atoms with Crippen molar-refractivity contribution < 1.29 is 4.39 Å². The number of nitrogens with one attached hydrogen (secondary N) is 1. The van der Waals surface area contributed by atoms with Crippen LogP contribution in [0.2, 0.25) is 5.02 Å². The summed E-state index contributed by atoms with van der Waals surface area (Å²) >= 11 is 5.83. The summed E-state index contributed by atoms with van der Waals surface area (Å²) in [5.74, 6) is 1.38. The summed E-state index contributed by atoms with van der Waals surface area (Å²) in [6.45, 7) is 3.22. The van der Waals surface area contributed by atoms with E-state index in [4.69, 9.17) is 11.6 Å². The average Bonchev–Trinajstić information content (AvgIpc) is 2.32. The van der Waals surface area contributed by atoms with Crippen molar-refractivity contribution in [2.24, 2.45) is 11.8 Å². The first-order chi connectivity index (χ1) is 8.61. The van der Waals surface area contributed by atoms with Gasteiger partial charge < -0.3 is 5.32 Å². The Labute approximate surface area is 114 Å². The van der Waals surface area contributed by atoms with Gasteiger partial charge in [0.1, 0.15) is 5.82 Å². The largest absolute Gasteiger partial charge is 0.319 e. The number of rotatable bonds is 3. The van der Waals surface area contributed by atoms with E-state index in [0.29, 0.717) is 22.8 Å². The fraction of sp³-hybridized carbons (Fsp3) is 0.600. The highest BCUT2D eigenvalue weighted by Gasteiger charge is 2.30. The fourth-order valence-electron chi connectivity index (χ4n) is 3.13. The molecule has 3 atom stereocenters. The van der Waals surface area contributed by atoms with Crippen LogP contribution in [0, 0.1) is 17.7 Å². The van der Waals surface area contributed by atoms with Gasteiger partial charge in [-0.05, 0) is 61.9 Å². The van der Waals surface area contributed by atoms with E-state index in [1.165, 1.54) is 18.9 Å². The lowest BCUT2D eigenvalue weighted by Gasteiger charge is -2.35. The predicted octanol–water partition coefficient (Wildman–Crippen LogP) is 4.22. The molecule has 1 aliphatic carbocycles. The van der Waals surface area contributed by atoms with Crippen molar-refractivity contribution in [3.05, 3.63) is 34.6 Å². The standard InChI is InChI=1S/C15H21ClFN/c1-10-3-4-11(9-18-2)14(7-10)13-6-5-12(16)8-15(13)17/h5-6,8,10-11,14,18H,3-4,7,9H2,1-2H3. The molecule has 2 rings (SSSR count). The molecule has 0 spiro atoms. The van der Waals surface area contributed by atoms with Gasteiger partial charge in [-0.3, -0.25) is 0 Å². The lowest BCUT2D eigenvalue weighted by molar-refractivity contribution is 0.241. The minimum Gasteiger partial charge on any atom is -0.319 e. The third-order valence-corrected chi connectivity index (χ3v) is 4.32. The molecule has 0 bridgehead atoms. The Balaban J connectivity index is 2.26. The van der Waals surface area contributed by atoms with Crippen LogP contribution < -0.4 is 5.32 Å². The fourth-order valence-corrected chi connectivity index (χ4v) is 3.29. The van der Waals surface area contributed by atoms with Crippen LogP contribution in [0.25, 0.3) is 0 Å². The summed E-state index contributed by atoms with van der Waals surface area (Å²) in [4.78, 5) is 0. The van der Waals surface area contributed by atoms with Gasteiger partial charge in [-0.2, -0.15) is 0 Å². The van der Waals surface area contributed by atoms with Gasteiger partial charge in [0.15, 0.2) is 0 Å². The molecule has 3 heteroatoms. The molecule has 1 aliphatic rings. The van der Waals surface area contributed by atoms with Gasteiger partial charge in [0, 0.05) is 5.02 Å². The monoisotopic (exact) mass is 269 g/mol. The molecule has 100 valence electrons. The average molecular weight is 270 g/mol. The first kappa shape index (κ1) is 13.8. The first-order valence-corrected chi connectivity index (χ1v) is 7.09. The van der Waals surface area contributed by atoms with Crippen LogP contribution in [0.1, 0.15) is 37.7 Å². The molecule has 0 aliphatic heterocycles. The predicted molar refractivity (Wildman–Crippen MR) is 74.6 cm³/mol. The topological polar surface area (TPSA) is 12.0 Å². The van der Waals surface area contributed by atoms with Crippen molar-refractivity contribution in [1.29, 1.82) is 0 Å². The molecule has 0 radical (unpaired) electrons. The Morgan fingerprint density at radius 1 is 1.39 bits per heavy atom. The normalized spacial score (nSPS) is 28.3. The minimum atomic E-state index is -0.150. The molecule has 1 fully saturated rings. The molecule has 3 unspecified atom stereocenters. The lowest BCUT2D eigenvalue weighted by Crippen LogP contribution is -2.30. The highest BCUT2D eigenvalue weighted by atomic mass is 35.5. The van der Waals surface area contributed by atoms with Gasteiger partial charge in [-0.15, -0.1) is 0 Å². The third kappa shape index (κ3) is 3.04. The number of halogens is 2. The van der Waals surface area contributed by atoms with E-state index >= 15 is 0 Å². The zero-order valence-corrected chi connectivity index (χ0v) is 11.8. The first-order valence-electron chi connectivity index (χ1n) is 6.71. The van der Waals surface area contributed by atoms with Crippen molar-refractivity contribution in [1.82, 2.24) is 5.32 Å². The van der Waals surface area contributed by atoms with Crippen molar-refractivity contribution in [3.63, 3.8) is 0 Å². The van der Waals surface area contributed by atoms with Gasteiger partial charge in [-0.1, -0.05) is 31.0 Å². The second kappa shape index (κ2) is 6.03. The molecule has 0 amide bonds. The van der Waals surface area contributed by atoms with Gasteiger partial charge in [0.05, 0.1) is 0 Å². The molecule has 1 nitrogen and oxygen atoms in total. The van der Waals surface area contributed by atoms with Crippen LogP contribution in [0.3, 0.4) is 0 Å². The van der Waals surface area contributed by atoms with Gasteiger partial charge in [0.25, 0.3) is 0 Å². The van der Waals surface area contributed by atoms with E-state index in [1.54, 1.807) is 6.07 Å². The molecule has 18 heavy (non-hydrogen) atoms. The van der Waals surface area contributed by atoms with E-state index < -0.39 is 0 Å². The molecule has 0 aromatic heterocycles. The van der Waals surface area contributed by atoms with Crippen molar-refractivity contribution in [3.8, 4) is 0 Å². The van der Waals surface area contributed by atoms with Crippen LogP contribution >= 0.6 is 11.6 Å². The molecule has 1 aromatic rings. The van der Waals surface area contributed by atoms with Crippen molar-refractivity contribution in [2.75, 3.05) is 13.6 Å². The van der Waals surface area contributed by atoms with E-state index in [0.717, 1.165) is 18.5 Å². The summed E-state index contributed by atoms with van der Waals surface area (Å²) in [5.41, 5.74) is 0.839. The summed E-state index contributed by atoms with van der Waals surface area (Å²) in [6.07, 6.45) is 3.50. The number of hydrogen-bond acceptors (Lipinski definition) is 1. The summed E-state index contributed by atoms with van der Waals surface area (Å²) in [7, 11) is 1.97. The Morgan fingerprint density at radius 3 is 2.83 bits per heavy atom. The second-order valence-electron chi connectivity index (χ2n) is 5.51. The zero-order chi connectivity index (χ0) is 13.1. The summed E-state index contributed by atoms with van der Waals surface area (Å²) in [6, 6.07) is 5.10. The molecule has 0 saturated heterocycles. The quantitative estimate of drug-likeness (QED) is 0.866. The maximum Gasteiger partial charge on any atom is 0.128 e. The van der Waals surface area contributed by atoms with Crippen molar-refractivity contribution >= 4 is 11.6 Å².